The third kappa shape index (κ3) is 14.0. The van der Waals surface area contributed by atoms with Crippen LogP contribution in [0.2, 0.25) is 0 Å². The van der Waals surface area contributed by atoms with Gasteiger partial charge in [0.1, 0.15) is 30.9 Å². The van der Waals surface area contributed by atoms with Crippen LogP contribution in [0.3, 0.4) is 0 Å². The van der Waals surface area contributed by atoms with Crippen LogP contribution in [-0.4, -0.2) is 122 Å². The fourth-order valence-electron chi connectivity index (χ4n) is 8.77. The monoisotopic (exact) mass is 1100 g/mol. The van der Waals surface area contributed by atoms with Crippen molar-refractivity contribution < 1.29 is 80.9 Å². The maximum absolute atomic E-state index is 14.6. The lowest BCUT2D eigenvalue weighted by atomic mass is 9.97. The van der Waals surface area contributed by atoms with E-state index in [4.69, 9.17) is 47.4 Å². The summed E-state index contributed by atoms with van der Waals surface area (Å²) in [6, 6.07) is 55.6. The first kappa shape index (κ1) is 55.8. The van der Waals surface area contributed by atoms with Crippen molar-refractivity contribution in [3.05, 3.63) is 251 Å². The number of hydrogen-bond acceptors (Lipinski definition) is 18. The van der Waals surface area contributed by atoms with Gasteiger partial charge in [0, 0.05) is 7.11 Å². The molecule has 2 aliphatic heterocycles. The van der Waals surface area contributed by atoms with Gasteiger partial charge >= 0.3 is 41.8 Å². The Hall–Kier alpha value is -8.94. The molecule has 0 bridgehead atoms. The van der Waals surface area contributed by atoms with Crippen molar-refractivity contribution >= 4 is 53.5 Å². The number of methoxy groups -OCH3 is 1. The Morgan fingerprint density at radius 3 is 0.988 bits per heavy atom. The SMILES string of the molecule is CO[C@H]1O[C@H](COC(=O)c2ccccc2)[C@@H](O[C@@H]2S[C@H](COC(=O)c3ccccc3)[C@@H](OC(=O)c3ccccc3)[C@H](OC(=O)c3ccccc3)[C@H]2OC(=O)c2ccccc2)[C@H](OC(=O)c2ccccc2)[C@H]1OC(=O)c1ccccc1. The van der Waals surface area contributed by atoms with Gasteiger partial charge in [-0.15, -0.1) is 11.8 Å². The highest BCUT2D eigenvalue weighted by molar-refractivity contribution is 8.00. The normalized spacial score (nSPS) is 22.3. The minimum atomic E-state index is -1.79. The van der Waals surface area contributed by atoms with E-state index in [1.54, 1.807) is 127 Å². The van der Waals surface area contributed by atoms with Gasteiger partial charge < -0.3 is 47.4 Å². The van der Waals surface area contributed by atoms with Crippen molar-refractivity contribution in [2.24, 2.45) is 0 Å². The maximum Gasteiger partial charge on any atom is 0.338 e. The average Bonchev–Trinajstić information content (AvgIpc) is 3.71. The molecule has 9 rings (SSSR count). The van der Waals surface area contributed by atoms with Crippen molar-refractivity contribution in [1.29, 1.82) is 0 Å². The van der Waals surface area contributed by atoms with E-state index in [1.807, 2.05) is 0 Å². The van der Waals surface area contributed by atoms with E-state index in [1.165, 1.54) is 92.0 Å². The molecule has 0 saturated carbocycles. The summed E-state index contributed by atoms with van der Waals surface area (Å²) in [4.78, 5) is 99.4. The van der Waals surface area contributed by atoms with Crippen molar-refractivity contribution in [2.75, 3.05) is 20.3 Å². The highest BCUT2D eigenvalue weighted by Crippen LogP contribution is 2.43. The second kappa shape index (κ2) is 27.1. The molecule has 2 aliphatic rings. The summed E-state index contributed by atoms with van der Waals surface area (Å²) in [5.41, 5.74) is -0.877. The zero-order valence-electron chi connectivity index (χ0n) is 42.7. The molecule has 0 spiro atoms. The Kier molecular flexibility index (Phi) is 18.9. The summed E-state index contributed by atoms with van der Waals surface area (Å²) in [7, 11) is 1.26. The molecule has 0 radical (unpaired) electrons. The summed E-state index contributed by atoms with van der Waals surface area (Å²) in [6.45, 7) is -1.16. The van der Waals surface area contributed by atoms with Gasteiger partial charge in [-0.25, -0.2) is 33.6 Å². The number of esters is 7. The molecule has 0 aromatic heterocycles. The van der Waals surface area contributed by atoms with Crippen molar-refractivity contribution in [3.8, 4) is 0 Å². The summed E-state index contributed by atoms with van der Waals surface area (Å²) in [5.74, 6) is -6.12. The van der Waals surface area contributed by atoms with Crippen LogP contribution in [0.15, 0.2) is 212 Å². The number of ether oxygens (including phenoxy) is 10. The minimum absolute atomic E-state index is 0.0540. The van der Waals surface area contributed by atoms with Crippen LogP contribution < -0.4 is 0 Å². The molecular formula is C62H52O17S. The molecule has 2 saturated heterocycles. The van der Waals surface area contributed by atoms with Gasteiger partial charge in [0.15, 0.2) is 36.8 Å². The second-order valence-electron chi connectivity index (χ2n) is 18.0. The highest BCUT2D eigenvalue weighted by Gasteiger charge is 2.58. The first-order valence-corrected chi connectivity index (χ1v) is 26.2. The predicted octanol–water partition coefficient (Wildman–Crippen LogP) is 9.03. The summed E-state index contributed by atoms with van der Waals surface area (Å²) >= 11 is 0.851. The standard InChI is InChI=1S/C62H52O17S/c1-70-61-52(77-59(68)44-33-19-7-20-34-44)50(75-57(66)42-29-15-5-16-30-42)48(46(73-61)37-71-54(63)39-23-9-2-10-24-39)79-62-53(78-60(69)45-35-21-8-22-36-45)51(76-58(67)43-31-17-6-18-32-43)49(74-56(65)41-27-13-4-14-28-41)47(80-62)38-72-55(64)40-25-11-3-12-26-40/h2-36,46-53,61-62H,37-38H2,1H3/t46-,47-,48-,49-,50+,51+,52-,53-,61+,62-/m1/s1. The Balaban J connectivity index is 1.19. The molecule has 18 heteroatoms. The zero-order chi connectivity index (χ0) is 55.8. The summed E-state index contributed by atoms with van der Waals surface area (Å²) in [6.07, 6.45) is -13.3. The van der Waals surface area contributed by atoms with Gasteiger partial charge in [-0.3, -0.25) is 0 Å². The molecule has 408 valence electrons. The van der Waals surface area contributed by atoms with E-state index in [0.717, 1.165) is 11.8 Å². The van der Waals surface area contributed by atoms with Gasteiger partial charge in [-0.1, -0.05) is 127 Å². The molecule has 0 unspecified atom stereocenters. The first-order valence-electron chi connectivity index (χ1n) is 25.3. The summed E-state index contributed by atoms with van der Waals surface area (Å²) < 4.78 is 62.9. The molecule has 17 nitrogen and oxygen atoms in total. The molecule has 7 aromatic carbocycles. The van der Waals surface area contributed by atoms with Crippen LogP contribution in [0.4, 0.5) is 0 Å². The smallest absolute Gasteiger partial charge is 0.338 e. The van der Waals surface area contributed by atoms with E-state index in [-0.39, 0.29) is 38.9 Å². The third-order valence-electron chi connectivity index (χ3n) is 12.7. The topological polar surface area (TPSA) is 212 Å². The van der Waals surface area contributed by atoms with Gasteiger partial charge in [0.2, 0.25) is 0 Å². The number of thioether (sulfide) groups is 1. The Morgan fingerprint density at radius 2 is 0.637 bits per heavy atom. The van der Waals surface area contributed by atoms with Crippen LogP contribution in [0.5, 0.6) is 0 Å². The fourth-order valence-corrected chi connectivity index (χ4v) is 10.2. The quantitative estimate of drug-likeness (QED) is 0.0546. The van der Waals surface area contributed by atoms with Gasteiger partial charge in [-0.2, -0.15) is 0 Å². The fraction of sp³-hybridized carbons (Fsp3) is 0.210. The molecule has 7 aromatic rings. The van der Waals surface area contributed by atoms with Gasteiger partial charge in [0.05, 0.1) is 44.2 Å². The van der Waals surface area contributed by atoms with E-state index in [9.17, 15) is 33.6 Å². The maximum atomic E-state index is 14.6. The molecule has 10 atom stereocenters. The molecule has 2 heterocycles. The molecule has 80 heavy (non-hydrogen) atoms. The number of hydrogen-bond donors (Lipinski definition) is 0. The number of rotatable bonds is 19. The van der Waals surface area contributed by atoms with E-state index in [0.29, 0.717) is 0 Å². The van der Waals surface area contributed by atoms with E-state index >= 15 is 0 Å². The highest BCUT2D eigenvalue weighted by atomic mass is 32.2. The van der Waals surface area contributed by atoms with Crippen LogP contribution >= 0.6 is 11.8 Å². The number of carbonyl (C=O) groups is 7. The van der Waals surface area contributed by atoms with Crippen LogP contribution in [0.1, 0.15) is 72.5 Å². The Morgan fingerprint density at radius 1 is 0.350 bits per heavy atom. The Bertz CT molecular complexity index is 3190. The van der Waals surface area contributed by atoms with Crippen molar-refractivity contribution in [3.63, 3.8) is 0 Å². The lowest BCUT2D eigenvalue weighted by Gasteiger charge is -2.48. The molecular weight excluding hydrogens is 1050 g/mol. The Labute approximate surface area is 463 Å². The number of carbonyl (C=O) groups excluding carboxylic acids is 7. The second-order valence-corrected chi connectivity index (χ2v) is 19.4. The minimum Gasteiger partial charge on any atom is -0.461 e. The largest absolute Gasteiger partial charge is 0.461 e. The van der Waals surface area contributed by atoms with E-state index < -0.39 is 115 Å². The third-order valence-corrected chi connectivity index (χ3v) is 14.1. The van der Waals surface area contributed by atoms with Crippen molar-refractivity contribution in [2.45, 2.75) is 59.7 Å². The molecule has 2 fully saturated rings. The molecule has 0 N–H and O–H groups in total. The first-order chi connectivity index (χ1) is 39.0. The van der Waals surface area contributed by atoms with Crippen LogP contribution in [-0.2, 0) is 47.4 Å². The molecule has 0 amide bonds. The van der Waals surface area contributed by atoms with Crippen LogP contribution in [0.25, 0.3) is 0 Å². The van der Waals surface area contributed by atoms with Gasteiger partial charge in [0.25, 0.3) is 0 Å². The lowest BCUT2D eigenvalue weighted by molar-refractivity contribution is -0.304. The molecule has 0 aliphatic carbocycles. The zero-order valence-corrected chi connectivity index (χ0v) is 43.6. The number of benzene rings is 7. The van der Waals surface area contributed by atoms with E-state index in [2.05, 4.69) is 0 Å². The van der Waals surface area contributed by atoms with Crippen LogP contribution in [0, 0.1) is 0 Å². The average molecular weight is 1100 g/mol. The predicted molar refractivity (Wildman–Crippen MR) is 287 cm³/mol. The summed E-state index contributed by atoms with van der Waals surface area (Å²) in [5, 5.41) is -1.23. The lowest BCUT2D eigenvalue weighted by Crippen LogP contribution is -2.65. The van der Waals surface area contributed by atoms with Crippen molar-refractivity contribution in [1.82, 2.24) is 0 Å². The van der Waals surface area contributed by atoms with Gasteiger partial charge in [-0.05, 0) is 84.9 Å².